The Kier molecular flexibility index (Phi) is 3.28. The second-order valence-corrected chi connectivity index (χ2v) is 4.11. The predicted molar refractivity (Wildman–Crippen MR) is 68.7 cm³/mol. The Balaban J connectivity index is 2.23. The van der Waals surface area contributed by atoms with Gasteiger partial charge in [-0.15, -0.1) is 0 Å². The van der Waals surface area contributed by atoms with Gasteiger partial charge in [0.25, 0.3) is 0 Å². The van der Waals surface area contributed by atoms with Crippen molar-refractivity contribution in [3.05, 3.63) is 60.2 Å². The summed E-state index contributed by atoms with van der Waals surface area (Å²) in [5.41, 5.74) is 1.17. The maximum absolute atomic E-state index is 10.00. The van der Waals surface area contributed by atoms with Gasteiger partial charge in [-0.3, -0.25) is 0 Å². The maximum atomic E-state index is 10.00. The number of hydrogen-bond donors (Lipinski definition) is 1. The van der Waals surface area contributed by atoms with E-state index in [1.165, 1.54) is 5.56 Å². The molecule has 0 radical (unpaired) electrons. The summed E-state index contributed by atoms with van der Waals surface area (Å²) in [6.07, 6.45) is 5.30. The van der Waals surface area contributed by atoms with Crippen LogP contribution >= 0.6 is 0 Å². The van der Waals surface area contributed by atoms with Crippen LogP contribution in [0.5, 0.6) is 0 Å². The topological polar surface area (TPSA) is 38.1 Å². The van der Waals surface area contributed by atoms with E-state index in [1.54, 1.807) is 10.8 Å². The maximum Gasteiger partial charge on any atom is 0.174 e. The molecule has 1 aromatic heterocycles. The largest absolute Gasteiger partial charge is 0.504 e. The second kappa shape index (κ2) is 4.87. The third-order valence-electron chi connectivity index (χ3n) is 2.78. The van der Waals surface area contributed by atoms with Crippen molar-refractivity contribution in [2.45, 2.75) is 12.8 Å². The first-order chi connectivity index (χ1) is 8.18. The van der Waals surface area contributed by atoms with Crippen LogP contribution in [0.4, 0.5) is 0 Å². The summed E-state index contributed by atoms with van der Waals surface area (Å²) in [6.45, 7) is 2.05. The van der Waals surface area contributed by atoms with Crippen molar-refractivity contribution in [3.63, 3.8) is 0 Å². The van der Waals surface area contributed by atoms with Crippen LogP contribution in [0.1, 0.15) is 24.2 Å². The Morgan fingerprint density at radius 3 is 2.65 bits per heavy atom. The smallest absolute Gasteiger partial charge is 0.174 e. The zero-order valence-corrected chi connectivity index (χ0v) is 10.0. The van der Waals surface area contributed by atoms with E-state index in [0.717, 1.165) is 0 Å². The van der Waals surface area contributed by atoms with E-state index >= 15 is 0 Å². The first-order valence-corrected chi connectivity index (χ1v) is 5.62. The zero-order valence-electron chi connectivity index (χ0n) is 10.0. The fourth-order valence-electron chi connectivity index (χ4n) is 1.78. The molecule has 0 aliphatic carbocycles. The number of benzene rings is 1. The second-order valence-electron chi connectivity index (χ2n) is 4.11. The van der Waals surface area contributed by atoms with Crippen LogP contribution in [-0.4, -0.2) is 14.7 Å². The standard InChI is InChI=1S/C14H16N2O/c1-11(12-6-4-3-5-7-12)10-13(17)14-15-8-9-16(14)2/h3-11,17H,1-2H3/b13-10+/t11-/m0/s1. The number of imidazole rings is 1. The lowest BCUT2D eigenvalue weighted by Crippen LogP contribution is -1.98. The van der Waals surface area contributed by atoms with Gasteiger partial charge in [0, 0.05) is 25.4 Å². The Labute approximate surface area is 101 Å². The van der Waals surface area contributed by atoms with Crippen molar-refractivity contribution in [2.75, 3.05) is 0 Å². The third kappa shape index (κ3) is 2.56. The van der Waals surface area contributed by atoms with E-state index in [9.17, 15) is 5.11 Å². The molecule has 1 N–H and O–H groups in total. The Morgan fingerprint density at radius 2 is 2.06 bits per heavy atom. The summed E-state index contributed by atoms with van der Waals surface area (Å²) in [7, 11) is 1.86. The quantitative estimate of drug-likeness (QED) is 0.820. The van der Waals surface area contributed by atoms with E-state index in [4.69, 9.17) is 0 Å². The van der Waals surface area contributed by atoms with Gasteiger partial charge in [0.2, 0.25) is 0 Å². The highest BCUT2D eigenvalue weighted by atomic mass is 16.3. The molecular weight excluding hydrogens is 212 g/mol. The number of rotatable bonds is 3. The lowest BCUT2D eigenvalue weighted by atomic mass is 10.0. The van der Waals surface area contributed by atoms with Crippen molar-refractivity contribution < 1.29 is 5.11 Å². The van der Waals surface area contributed by atoms with E-state index in [1.807, 2.05) is 49.7 Å². The average Bonchev–Trinajstić information content (AvgIpc) is 2.76. The minimum atomic E-state index is 0.160. The summed E-state index contributed by atoms with van der Waals surface area (Å²) in [4.78, 5) is 4.11. The lowest BCUT2D eigenvalue weighted by Gasteiger charge is -2.08. The van der Waals surface area contributed by atoms with Crippen molar-refractivity contribution in [1.82, 2.24) is 9.55 Å². The average molecular weight is 228 g/mol. The van der Waals surface area contributed by atoms with Gasteiger partial charge in [-0.25, -0.2) is 4.98 Å². The van der Waals surface area contributed by atoms with Gasteiger partial charge >= 0.3 is 0 Å². The van der Waals surface area contributed by atoms with Gasteiger partial charge < -0.3 is 9.67 Å². The fraction of sp³-hybridized carbons (Fsp3) is 0.214. The third-order valence-corrected chi connectivity index (χ3v) is 2.78. The minimum absolute atomic E-state index is 0.160. The zero-order chi connectivity index (χ0) is 12.3. The van der Waals surface area contributed by atoms with Gasteiger partial charge in [-0.1, -0.05) is 37.3 Å². The molecule has 3 heteroatoms. The molecule has 2 rings (SSSR count). The molecule has 1 atom stereocenters. The summed E-state index contributed by atoms with van der Waals surface area (Å²) in [5.74, 6) is 0.967. The number of hydrogen-bond acceptors (Lipinski definition) is 2. The van der Waals surface area contributed by atoms with Crippen LogP contribution in [0.3, 0.4) is 0 Å². The molecule has 0 fully saturated rings. The number of aliphatic hydroxyl groups excluding tert-OH is 1. The van der Waals surface area contributed by atoms with Gasteiger partial charge in [0.1, 0.15) is 0 Å². The first-order valence-electron chi connectivity index (χ1n) is 5.62. The number of allylic oxidation sites excluding steroid dienone is 1. The predicted octanol–water partition coefficient (Wildman–Crippen LogP) is 3.12. The molecule has 2 aromatic rings. The van der Waals surface area contributed by atoms with Gasteiger partial charge in [0.15, 0.2) is 11.6 Å². The minimum Gasteiger partial charge on any atom is -0.504 e. The van der Waals surface area contributed by atoms with Gasteiger partial charge in [0.05, 0.1) is 0 Å². The number of nitrogens with zero attached hydrogens (tertiary/aromatic N) is 2. The van der Waals surface area contributed by atoms with E-state index in [0.29, 0.717) is 5.82 Å². The normalized spacial score (nSPS) is 13.6. The molecule has 0 saturated carbocycles. The van der Waals surface area contributed by atoms with Crippen LogP contribution < -0.4 is 0 Å². The van der Waals surface area contributed by atoms with Gasteiger partial charge in [-0.2, -0.15) is 0 Å². The number of aliphatic hydroxyl groups is 1. The fourth-order valence-corrected chi connectivity index (χ4v) is 1.78. The molecule has 0 unspecified atom stereocenters. The monoisotopic (exact) mass is 228 g/mol. The number of aromatic nitrogens is 2. The first kappa shape index (κ1) is 11.5. The van der Waals surface area contributed by atoms with Crippen molar-refractivity contribution in [2.24, 2.45) is 7.05 Å². The molecule has 0 aliphatic heterocycles. The molecule has 0 amide bonds. The van der Waals surface area contributed by atoms with Crippen LogP contribution in [0, 0.1) is 0 Å². The molecular formula is C14H16N2O. The molecule has 0 aliphatic rings. The van der Waals surface area contributed by atoms with E-state index in [-0.39, 0.29) is 11.7 Å². The van der Waals surface area contributed by atoms with Crippen LogP contribution in [0.15, 0.2) is 48.8 Å². The van der Waals surface area contributed by atoms with Gasteiger partial charge in [-0.05, 0) is 11.6 Å². The van der Waals surface area contributed by atoms with E-state index < -0.39 is 0 Å². The van der Waals surface area contributed by atoms with Crippen LogP contribution in [-0.2, 0) is 7.05 Å². The summed E-state index contributed by atoms with van der Waals surface area (Å²) in [6, 6.07) is 10.1. The molecule has 0 saturated heterocycles. The Morgan fingerprint density at radius 1 is 1.35 bits per heavy atom. The van der Waals surface area contributed by atoms with Crippen molar-refractivity contribution in [1.29, 1.82) is 0 Å². The Bertz CT molecular complexity index is 514. The molecule has 1 aromatic carbocycles. The highest BCUT2D eigenvalue weighted by Crippen LogP contribution is 2.20. The van der Waals surface area contributed by atoms with Crippen molar-refractivity contribution >= 4 is 5.76 Å². The summed E-state index contributed by atoms with van der Waals surface area (Å²) >= 11 is 0. The van der Waals surface area contributed by atoms with Crippen LogP contribution in [0.2, 0.25) is 0 Å². The van der Waals surface area contributed by atoms with Crippen molar-refractivity contribution in [3.8, 4) is 0 Å². The number of aryl methyl sites for hydroxylation is 1. The molecule has 0 bridgehead atoms. The molecule has 0 spiro atoms. The SMILES string of the molecule is C[C@@H](/C=C(/O)c1nccn1C)c1ccccc1. The van der Waals surface area contributed by atoms with Crippen LogP contribution in [0.25, 0.3) is 5.76 Å². The Hall–Kier alpha value is -2.03. The molecule has 88 valence electrons. The molecule has 1 heterocycles. The molecule has 17 heavy (non-hydrogen) atoms. The highest BCUT2D eigenvalue weighted by molar-refractivity contribution is 5.53. The molecule has 3 nitrogen and oxygen atoms in total. The summed E-state index contributed by atoms with van der Waals surface area (Å²) in [5, 5.41) is 10.00. The highest BCUT2D eigenvalue weighted by Gasteiger charge is 2.08. The lowest BCUT2D eigenvalue weighted by molar-refractivity contribution is 0.497. The summed E-state index contributed by atoms with van der Waals surface area (Å²) < 4.78 is 1.80. The van der Waals surface area contributed by atoms with E-state index in [2.05, 4.69) is 11.9 Å².